The molecule has 0 saturated heterocycles. The molecule has 8 heteroatoms. The number of thioether (sulfide) groups is 1. The van der Waals surface area contributed by atoms with Crippen molar-refractivity contribution < 1.29 is 0 Å². The predicted octanol–water partition coefficient (Wildman–Crippen LogP) is 5.62. The van der Waals surface area contributed by atoms with Gasteiger partial charge in [-0.2, -0.15) is 0 Å². The quantitative estimate of drug-likeness (QED) is 0.262. The highest BCUT2D eigenvalue weighted by Crippen LogP contribution is 2.37. The van der Waals surface area contributed by atoms with E-state index in [0.717, 1.165) is 31.5 Å². The van der Waals surface area contributed by atoms with Crippen LogP contribution in [0.1, 0.15) is 11.5 Å². The zero-order valence-corrected chi connectivity index (χ0v) is 18.3. The lowest BCUT2D eigenvalue weighted by Gasteiger charge is -2.05. The molecule has 4 aromatic heterocycles. The number of benzene rings is 1. The lowest BCUT2D eigenvalue weighted by molar-refractivity contribution is 1.00. The third-order valence-corrected chi connectivity index (χ3v) is 6.89. The van der Waals surface area contributed by atoms with Crippen molar-refractivity contribution in [2.24, 2.45) is 0 Å². The van der Waals surface area contributed by atoms with E-state index in [4.69, 9.17) is 11.6 Å². The van der Waals surface area contributed by atoms with Crippen LogP contribution in [0.15, 0.2) is 70.6 Å². The van der Waals surface area contributed by atoms with Gasteiger partial charge >= 0.3 is 0 Å². The average Bonchev–Trinajstić information content (AvgIpc) is 3.17. The van der Waals surface area contributed by atoms with Gasteiger partial charge < -0.3 is 0 Å². The summed E-state index contributed by atoms with van der Waals surface area (Å²) in [6, 6.07) is 17.4. The van der Waals surface area contributed by atoms with Gasteiger partial charge in [0.05, 0.1) is 10.7 Å². The maximum Gasteiger partial charge on any atom is 0.258 e. The lowest BCUT2D eigenvalue weighted by atomic mass is 10.2. The predicted molar refractivity (Wildman–Crippen MR) is 124 cm³/mol. The Kier molecular flexibility index (Phi) is 5.02. The van der Waals surface area contributed by atoms with Crippen molar-refractivity contribution >= 4 is 50.6 Å². The minimum absolute atomic E-state index is 0.149. The van der Waals surface area contributed by atoms with E-state index < -0.39 is 0 Å². The monoisotopic (exact) mass is 450 g/mol. The summed E-state index contributed by atoms with van der Waals surface area (Å²) in [4.78, 5) is 28.4. The molecule has 5 nitrogen and oxygen atoms in total. The number of rotatable bonds is 4. The average molecular weight is 451 g/mol. The molecule has 148 valence electrons. The van der Waals surface area contributed by atoms with Gasteiger partial charge in [-0.15, -0.1) is 11.3 Å². The Morgan fingerprint density at radius 1 is 1.07 bits per heavy atom. The van der Waals surface area contributed by atoms with Gasteiger partial charge in [0.15, 0.2) is 0 Å². The maximum atomic E-state index is 12.4. The van der Waals surface area contributed by atoms with Crippen molar-refractivity contribution in [2.45, 2.75) is 17.7 Å². The number of pyridine rings is 1. The first kappa shape index (κ1) is 19.2. The second kappa shape index (κ2) is 7.83. The molecule has 0 saturated carbocycles. The van der Waals surface area contributed by atoms with Crippen LogP contribution in [0.3, 0.4) is 0 Å². The Labute approximate surface area is 185 Å². The van der Waals surface area contributed by atoms with Gasteiger partial charge in [-0.3, -0.25) is 9.20 Å². The van der Waals surface area contributed by atoms with Gasteiger partial charge in [0.2, 0.25) is 0 Å². The summed E-state index contributed by atoms with van der Waals surface area (Å²) >= 11 is 9.21. The Morgan fingerprint density at radius 2 is 1.90 bits per heavy atom. The van der Waals surface area contributed by atoms with Crippen LogP contribution >= 0.6 is 34.7 Å². The van der Waals surface area contributed by atoms with E-state index in [0.29, 0.717) is 22.1 Å². The number of nitrogens with zero attached hydrogens (tertiary/aromatic N) is 4. The molecular formula is C22H15ClN4OS2. The van der Waals surface area contributed by atoms with E-state index in [-0.39, 0.29) is 5.56 Å². The fourth-order valence-corrected chi connectivity index (χ4v) is 5.44. The molecule has 5 rings (SSSR count). The second-order valence-corrected chi connectivity index (χ2v) is 9.15. The topological polar surface area (TPSA) is 60.2 Å². The molecule has 1 aromatic carbocycles. The number of fused-ring (bicyclic) bond motifs is 2. The summed E-state index contributed by atoms with van der Waals surface area (Å²) in [5, 5.41) is 2.42. The van der Waals surface area contributed by atoms with Crippen molar-refractivity contribution in [3.05, 3.63) is 87.7 Å². The highest BCUT2D eigenvalue weighted by molar-refractivity contribution is 7.98. The molecule has 0 aliphatic heterocycles. The van der Waals surface area contributed by atoms with Crippen molar-refractivity contribution in [3.8, 4) is 10.4 Å². The van der Waals surface area contributed by atoms with E-state index >= 15 is 0 Å². The number of hydrogen-bond donors (Lipinski definition) is 0. The molecule has 0 N–H and O–H groups in total. The van der Waals surface area contributed by atoms with Crippen molar-refractivity contribution in [3.63, 3.8) is 0 Å². The molecule has 4 heterocycles. The maximum absolute atomic E-state index is 12.4. The Morgan fingerprint density at radius 3 is 2.73 bits per heavy atom. The molecule has 0 atom stereocenters. The molecule has 0 bridgehead atoms. The van der Waals surface area contributed by atoms with Crippen molar-refractivity contribution in [1.29, 1.82) is 0 Å². The first-order chi connectivity index (χ1) is 14.6. The molecular weight excluding hydrogens is 436 g/mol. The van der Waals surface area contributed by atoms with Crippen LogP contribution in [0.4, 0.5) is 0 Å². The van der Waals surface area contributed by atoms with E-state index in [1.807, 2.05) is 25.1 Å². The molecule has 0 aliphatic carbocycles. The van der Waals surface area contributed by atoms with Crippen LogP contribution in [0.5, 0.6) is 0 Å². The summed E-state index contributed by atoms with van der Waals surface area (Å²) in [5.41, 5.74) is 2.30. The SMILES string of the molecule is Cc1nc(SCc2cc(=O)n3cc(Cl)ccc3n2)c2cc(-c3ccccc3)sc2n1. The normalized spacial score (nSPS) is 11.4. The third kappa shape index (κ3) is 3.71. The van der Waals surface area contributed by atoms with E-state index in [1.165, 1.54) is 4.40 Å². The summed E-state index contributed by atoms with van der Waals surface area (Å²) in [6.45, 7) is 1.90. The minimum Gasteiger partial charge on any atom is -0.269 e. The van der Waals surface area contributed by atoms with Gasteiger partial charge in [-0.1, -0.05) is 53.7 Å². The van der Waals surface area contributed by atoms with Gasteiger partial charge in [-0.25, -0.2) is 15.0 Å². The minimum atomic E-state index is -0.149. The van der Waals surface area contributed by atoms with Crippen LogP contribution in [-0.4, -0.2) is 19.4 Å². The van der Waals surface area contributed by atoms with Crippen LogP contribution in [0.2, 0.25) is 5.02 Å². The summed E-state index contributed by atoms with van der Waals surface area (Å²) in [6.07, 6.45) is 1.58. The van der Waals surface area contributed by atoms with Crippen LogP contribution in [0.25, 0.3) is 26.3 Å². The number of hydrogen-bond acceptors (Lipinski definition) is 6. The third-order valence-electron chi connectivity index (χ3n) is 4.56. The second-order valence-electron chi connectivity index (χ2n) is 6.72. The van der Waals surface area contributed by atoms with Crippen LogP contribution in [-0.2, 0) is 5.75 Å². The van der Waals surface area contributed by atoms with Gasteiger partial charge in [0.1, 0.15) is 21.3 Å². The van der Waals surface area contributed by atoms with Crippen LogP contribution in [0, 0.1) is 6.92 Å². The Bertz CT molecular complexity index is 1450. The first-order valence-corrected chi connectivity index (χ1v) is 11.4. The highest BCUT2D eigenvalue weighted by atomic mass is 35.5. The summed E-state index contributed by atoms with van der Waals surface area (Å²) in [5.74, 6) is 1.27. The lowest BCUT2D eigenvalue weighted by Crippen LogP contribution is -2.15. The van der Waals surface area contributed by atoms with Gasteiger partial charge in [-0.05, 0) is 30.7 Å². The zero-order chi connectivity index (χ0) is 20.7. The largest absolute Gasteiger partial charge is 0.269 e. The first-order valence-electron chi connectivity index (χ1n) is 9.21. The zero-order valence-electron chi connectivity index (χ0n) is 15.9. The van der Waals surface area contributed by atoms with Gasteiger partial charge in [0.25, 0.3) is 5.56 Å². The highest BCUT2D eigenvalue weighted by Gasteiger charge is 2.13. The Hall–Kier alpha value is -2.74. The Balaban J connectivity index is 1.49. The van der Waals surface area contributed by atoms with Crippen LogP contribution < -0.4 is 5.56 Å². The fraction of sp³-hybridized carbons (Fsp3) is 0.0909. The van der Waals surface area contributed by atoms with E-state index in [2.05, 4.69) is 33.2 Å². The number of halogens is 1. The van der Waals surface area contributed by atoms with E-state index in [1.54, 1.807) is 47.5 Å². The smallest absolute Gasteiger partial charge is 0.258 e. The standard InChI is InChI=1S/C22H15ClN4OS2/c1-13-24-21(17-10-18(30-22(17)25-13)14-5-3-2-4-6-14)29-12-16-9-20(28)27-11-15(23)7-8-19(27)26-16/h2-11H,12H2,1H3. The molecule has 5 aromatic rings. The molecule has 0 unspecified atom stereocenters. The van der Waals surface area contributed by atoms with Gasteiger partial charge in [0, 0.05) is 28.3 Å². The molecule has 0 aliphatic rings. The van der Waals surface area contributed by atoms with Crippen molar-refractivity contribution in [1.82, 2.24) is 19.4 Å². The summed E-state index contributed by atoms with van der Waals surface area (Å²) in [7, 11) is 0. The van der Waals surface area contributed by atoms with Crippen molar-refractivity contribution in [2.75, 3.05) is 0 Å². The summed E-state index contributed by atoms with van der Waals surface area (Å²) < 4.78 is 1.45. The molecule has 30 heavy (non-hydrogen) atoms. The molecule has 0 amide bonds. The fourth-order valence-electron chi connectivity index (χ4n) is 3.19. The molecule has 0 radical (unpaired) electrons. The number of aryl methyl sites for hydroxylation is 1. The molecule has 0 spiro atoms. The molecule has 0 fully saturated rings. The van der Waals surface area contributed by atoms with E-state index in [9.17, 15) is 4.79 Å². The number of thiophene rings is 1. The number of aromatic nitrogens is 4.